The van der Waals surface area contributed by atoms with Crippen molar-refractivity contribution in [1.29, 1.82) is 0 Å². The second-order valence-corrected chi connectivity index (χ2v) is 7.81. The number of hydrogen-bond donors (Lipinski definition) is 0. The van der Waals surface area contributed by atoms with Crippen LogP contribution in [0.15, 0.2) is 16.8 Å². The van der Waals surface area contributed by atoms with E-state index in [-0.39, 0.29) is 17.9 Å². The number of rotatable bonds is 6. The van der Waals surface area contributed by atoms with Crippen molar-refractivity contribution in [2.45, 2.75) is 25.8 Å². The highest BCUT2D eigenvalue weighted by Crippen LogP contribution is 2.49. The molecular formula is C17H26N2O2S. The van der Waals surface area contributed by atoms with E-state index < -0.39 is 0 Å². The number of ether oxygens (including phenoxy) is 1. The van der Waals surface area contributed by atoms with Gasteiger partial charge in [-0.15, -0.1) is 0 Å². The van der Waals surface area contributed by atoms with Gasteiger partial charge >= 0.3 is 0 Å². The Hall–Kier alpha value is -0.910. The lowest BCUT2D eigenvalue weighted by molar-refractivity contribution is -0.135. The summed E-state index contributed by atoms with van der Waals surface area (Å²) in [6.07, 6.45) is 3.86. The Morgan fingerprint density at radius 3 is 3.14 bits per heavy atom. The summed E-state index contributed by atoms with van der Waals surface area (Å²) in [6.45, 7) is 4.30. The Bertz CT molecular complexity index is 503. The first-order chi connectivity index (χ1) is 10.6. The van der Waals surface area contributed by atoms with Crippen LogP contribution in [0.1, 0.15) is 24.8 Å². The van der Waals surface area contributed by atoms with Crippen molar-refractivity contribution >= 4 is 17.2 Å². The molecule has 2 atom stereocenters. The second kappa shape index (κ2) is 6.69. The SMILES string of the molecule is CN(C)C(=O)COC[C@@]12CCC[C@@H]1CN(Cc1ccsc1)C2. The van der Waals surface area contributed by atoms with Crippen LogP contribution in [0, 0.1) is 11.3 Å². The van der Waals surface area contributed by atoms with Gasteiger partial charge in [0.2, 0.25) is 5.91 Å². The Kier molecular flexibility index (Phi) is 4.85. The normalized spacial score (nSPS) is 28.0. The Morgan fingerprint density at radius 2 is 2.41 bits per heavy atom. The molecule has 22 heavy (non-hydrogen) atoms. The molecule has 4 nitrogen and oxygen atoms in total. The van der Waals surface area contributed by atoms with Crippen LogP contribution >= 0.6 is 11.3 Å². The number of amides is 1. The maximum atomic E-state index is 11.7. The molecule has 5 heteroatoms. The monoisotopic (exact) mass is 322 g/mol. The average Bonchev–Trinajstić information content (AvgIpc) is 3.15. The fourth-order valence-electron chi connectivity index (χ4n) is 3.99. The minimum Gasteiger partial charge on any atom is -0.371 e. The third-order valence-corrected chi connectivity index (χ3v) is 5.94. The van der Waals surface area contributed by atoms with Gasteiger partial charge in [0.1, 0.15) is 6.61 Å². The molecular weight excluding hydrogens is 296 g/mol. The fraction of sp³-hybridized carbons (Fsp3) is 0.706. The van der Waals surface area contributed by atoms with Crippen LogP contribution in [0.25, 0.3) is 0 Å². The topological polar surface area (TPSA) is 32.8 Å². The maximum Gasteiger partial charge on any atom is 0.248 e. The number of likely N-dealkylation sites (tertiary alicyclic amines) is 1. The Balaban J connectivity index is 1.55. The molecule has 0 aromatic carbocycles. The second-order valence-electron chi connectivity index (χ2n) is 7.03. The lowest BCUT2D eigenvalue weighted by atomic mass is 9.81. The first-order valence-electron chi connectivity index (χ1n) is 8.10. The summed E-state index contributed by atoms with van der Waals surface area (Å²) in [5.41, 5.74) is 1.70. The zero-order valence-corrected chi connectivity index (χ0v) is 14.4. The van der Waals surface area contributed by atoms with Gasteiger partial charge in [-0.3, -0.25) is 9.69 Å². The molecule has 1 saturated carbocycles. The predicted octanol–water partition coefficient (Wildman–Crippen LogP) is 2.46. The van der Waals surface area contributed by atoms with Gasteiger partial charge in [-0.25, -0.2) is 0 Å². The lowest BCUT2D eigenvalue weighted by Gasteiger charge is -2.29. The number of carbonyl (C=O) groups excluding carboxylic acids is 1. The molecule has 1 aromatic rings. The van der Waals surface area contributed by atoms with Crippen molar-refractivity contribution in [2.75, 3.05) is 40.4 Å². The van der Waals surface area contributed by atoms with Gasteiger partial charge in [-0.05, 0) is 41.1 Å². The molecule has 1 aliphatic heterocycles. The molecule has 0 N–H and O–H groups in total. The van der Waals surface area contributed by atoms with E-state index in [2.05, 4.69) is 21.7 Å². The largest absolute Gasteiger partial charge is 0.371 e. The van der Waals surface area contributed by atoms with Gasteiger partial charge in [0, 0.05) is 39.1 Å². The third-order valence-electron chi connectivity index (χ3n) is 5.21. The van der Waals surface area contributed by atoms with E-state index in [0.29, 0.717) is 0 Å². The smallest absolute Gasteiger partial charge is 0.248 e. The number of thiophene rings is 1. The van der Waals surface area contributed by atoms with Gasteiger partial charge < -0.3 is 9.64 Å². The van der Waals surface area contributed by atoms with Crippen molar-refractivity contribution in [3.05, 3.63) is 22.4 Å². The number of hydrogen-bond acceptors (Lipinski definition) is 4. The number of nitrogens with zero attached hydrogens (tertiary/aromatic N) is 2. The van der Waals surface area contributed by atoms with Crippen molar-refractivity contribution in [1.82, 2.24) is 9.80 Å². The summed E-state index contributed by atoms with van der Waals surface area (Å²) in [6, 6.07) is 2.22. The van der Waals surface area contributed by atoms with Crippen LogP contribution in [-0.2, 0) is 16.1 Å². The van der Waals surface area contributed by atoms with Gasteiger partial charge in [-0.2, -0.15) is 11.3 Å². The lowest BCUT2D eigenvalue weighted by Crippen LogP contribution is -2.34. The summed E-state index contributed by atoms with van der Waals surface area (Å²) >= 11 is 1.77. The molecule has 1 aliphatic carbocycles. The summed E-state index contributed by atoms with van der Waals surface area (Å²) in [5, 5.41) is 4.39. The van der Waals surface area contributed by atoms with Crippen molar-refractivity contribution < 1.29 is 9.53 Å². The van der Waals surface area contributed by atoms with Gasteiger partial charge in [0.05, 0.1) is 6.61 Å². The van der Waals surface area contributed by atoms with Crippen molar-refractivity contribution in [3.8, 4) is 0 Å². The molecule has 0 radical (unpaired) electrons. The summed E-state index contributed by atoms with van der Waals surface area (Å²) in [5.74, 6) is 0.791. The first-order valence-corrected chi connectivity index (χ1v) is 9.05. The molecule has 2 aliphatic rings. The molecule has 0 bridgehead atoms. The van der Waals surface area contributed by atoms with Crippen molar-refractivity contribution in [2.24, 2.45) is 11.3 Å². The number of likely N-dealkylation sites (N-methyl/N-ethyl adjacent to an activating group) is 1. The van der Waals surface area contributed by atoms with Gasteiger partial charge in [-0.1, -0.05) is 6.42 Å². The summed E-state index contributed by atoms with van der Waals surface area (Å²) in [4.78, 5) is 15.8. The standard InChI is InChI=1S/C17H26N2O2S/c1-18(2)16(20)10-21-13-17-6-3-4-15(17)9-19(12-17)8-14-5-7-22-11-14/h5,7,11,15H,3-4,6,8-10,12-13H2,1-2H3/t15-,17+/m1/s1. The molecule has 1 aromatic heterocycles. The molecule has 2 fully saturated rings. The van der Waals surface area contributed by atoms with Crippen LogP contribution in [0.5, 0.6) is 0 Å². The third kappa shape index (κ3) is 3.36. The van der Waals surface area contributed by atoms with E-state index in [1.54, 1.807) is 30.3 Å². The number of fused-ring (bicyclic) bond motifs is 1. The van der Waals surface area contributed by atoms with Gasteiger partial charge in [0.15, 0.2) is 0 Å². The van der Waals surface area contributed by atoms with E-state index in [1.807, 2.05) is 0 Å². The van der Waals surface area contributed by atoms with E-state index in [0.717, 1.165) is 25.6 Å². The summed E-state index contributed by atoms with van der Waals surface area (Å²) < 4.78 is 5.81. The number of carbonyl (C=O) groups is 1. The molecule has 0 unspecified atom stereocenters. The highest BCUT2D eigenvalue weighted by atomic mass is 32.1. The Labute approximate surface area is 137 Å². The van der Waals surface area contributed by atoms with Gasteiger partial charge in [0.25, 0.3) is 0 Å². The minimum absolute atomic E-state index is 0.0547. The maximum absolute atomic E-state index is 11.7. The summed E-state index contributed by atoms with van der Waals surface area (Å²) in [7, 11) is 3.56. The van der Waals surface area contributed by atoms with Crippen LogP contribution in [0.2, 0.25) is 0 Å². The van der Waals surface area contributed by atoms with Crippen LogP contribution in [0.4, 0.5) is 0 Å². The van der Waals surface area contributed by atoms with Crippen LogP contribution in [-0.4, -0.2) is 56.1 Å². The van der Waals surface area contributed by atoms with Crippen molar-refractivity contribution in [3.63, 3.8) is 0 Å². The zero-order valence-electron chi connectivity index (χ0n) is 13.6. The zero-order chi connectivity index (χ0) is 15.6. The van der Waals surface area contributed by atoms with Crippen LogP contribution in [0.3, 0.4) is 0 Å². The molecule has 1 amide bonds. The van der Waals surface area contributed by atoms with E-state index >= 15 is 0 Å². The molecule has 0 spiro atoms. The molecule has 2 heterocycles. The molecule has 3 rings (SSSR count). The minimum atomic E-state index is 0.0547. The van der Waals surface area contributed by atoms with E-state index in [1.165, 1.54) is 31.4 Å². The molecule has 1 saturated heterocycles. The quantitative estimate of drug-likeness (QED) is 0.806. The first kappa shape index (κ1) is 16.0. The van der Waals surface area contributed by atoms with E-state index in [4.69, 9.17) is 4.74 Å². The van der Waals surface area contributed by atoms with E-state index in [9.17, 15) is 4.79 Å². The predicted molar refractivity (Wildman–Crippen MR) is 88.9 cm³/mol. The Morgan fingerprint density at radius 1 is 1.55 bits per heavy atom. The van der Waals surface area contributed by atoms with Crippen LogP contribution < -0.4 is 0 Å². The fourth-order valence-corrected chi connectivity index (χ4v) is 4.65. The molecule has 122 valence electrons. The highest BCUT2D eigenvalue weighted by molar-refractivity contribution is 7.07. The highest BCUT2D eigenvalue weighted by Gasteiger charge is 2.49. The average molecular weight is 322 g/mol.